The van der Waals surface area contributed by atoms with Crippen LogP contribution in [0.3, 0.4) is 0 Å². The SMILES string of the molecule is COC(=O)c1c(CC(=O)O)cc2c(c1OC)C(=O)CCC2. The van der Waals surface area contributed by atoms with E-state index in [0.717, 1.165) is 5.56 Å². The molecule has 6 nitrogen and oxygen atoms in total. The summed E-state index contributed by atoms with van der Waals surface area (Å²) in [5, 5.41) is 9.01. The number of rotatable bonds is 4. The van der Waals surface area contributed by atoms with Gasteiger partial charge in [0.2, 0.25) is 0 Å². The lowest BCUT2D eigenvalue weighted by Gasteiger charge is -2.21. The molecule has 112 valence electrons. The Morgan fingerprint density at radius 1 is 1.29 bits per heavy atom. The van der Waals surface area contributed by atoms with Gasteiger partial charge in [-0.1, -0.05) is 6.07 Å². The number of ether oxygens (including phenoxy) is 2. The zero-order chi connectivity index (χ0) is 15.6. The summed E-state index contributed by atoms with van der Waals surface area (Å²) < 4.78 is 9.95. The Labute approximate surface area is 121 Å². The van der Waals surface area contributed by atoms with Gasteiger partial charge in [-0.3, -0.25) is 9.59 Å². The van der Waals surface area contributed by atoms with Gasteiger partial charge in [0.25, 0.3) is 0 Å². The van der Waals surface area contributed by atoms with E-state index < -0.39 is 11.9 Å². The average molecular weight is 292 g/mol. The molecule has 0 unspecified atom stereocenters. The fourth-order valence-corrected chi connectivity index (χ4v) is 2.67. The number of hydrogen-bond acceptors (Lipinski definition) is 5. The van der Waals surface area contributed by atoms with Crippen molar-refractivity contribution in [2.24, 2.45) is 0 Å². The molecule has 0 radical (unpaired) electrons. The highest BCUT2D eigenvalue weighted by Gasteiger charge is 2.30. The fraction of sp³-hybridized carbons (Fsp3) is 0.400. The van der Waals surface area contributed by atoms with Crippen molar-refractivity contribution in [3.05, 3.63) is 28.3 Å². The molecule has 21 heavy (non-hydrogen) atoms. The predicted octanol–water partition coefficient (Wildman–Crippen LogP) is 1.63. The zero-order valence-electron chi connectivity index (χ0n) is 11.9. The second-order valence-electron chi connectivity index (χ2n) is 4.82. The number of esters is 1. The number of fused-ring (bicyclic) bond motifs is 1. The van der Waals surface area contributed by atoms with E-state index in [4.69, 9.17) is 14.6 Å². The molecule has 0 fully saturated rings. The van der Waals surface area contributed by atoms with Gasteiger partial charge in [-0.05, 0) is 24.0 Å². The molecule has 1 aliphatic rings. The van der Waals surface area contributed by atoms with Crippen molar-refractivity contribution in [1.82, 2.24) is 0 Å². The number of methoxy groups -OCH3 is 2. The molecule has 1 aliphatic carbocycles. The van der Waals surface area contributed by atoms with E-state index in [2.05, 4.69) is 0 Å². The van der Waals surface area contributed by atoms with Gasteiger partial charge in [0.05, 0.1) is 26.2 Å². The first kappa shape index (κ1) is 15.0. The molecular weight excluding hydrogens is 276 g/mol. The lowest BCUT2D eigenvalue weighted by atomic mass is 9.85. The number of Topliss-reactive ketones (excluding diaryl/α,β-unsaturated/α-hetero) is 1. The molecular formula is C15H16O6. The maximum absolute atomic E-state index is 12.1. The van der Waals surface area contributed by atoms with E-state index >= 15 is 0 Å². The topological polar surface area (TPSA) is 89.9 Å². The van der Waals surface area contributed by atoms with Crippen molar-refractivity contribution in [1.29, 1.82) is 0 Å². The van der Waals surface area contributed by atoms with Crippen LogP contribution in [0.25, 0.3) is 0 Å². The smallest absolute Gasteiger partial charge is 0.341 e. The summed E-state index contributed by atoms with van der Waals surface area (Å²) in [7, 11) is 2.56. The van der Waals surface area contributed by atoms with Crippen LogP contribution in [0.1, 0.15) is 44.7 Å². The first-order valence-corrected chi connectivity index (χ1v) is 6.55. The van der Waals surface area contributed by atoms with Crippen molar-refractivity contribution in [3.8, 4) is 5.75 Å². The van der Waals surface area contributed by atoms with E-state index in [-0.39, 0.29) is 23.5 Å². The van der Waals surface area contributed by atoms with E-state index in [1.165, 1.54) is 14.2 Å². The van der Waals surface area contributed by atoms with Crippen LogP contribution in [0.4, 0.5) is 0 Å². The fourth-order valence-electron chi connectivity index (χ4n) is 2.67. The van der Waals surface area contributed by atoms with Crippen molar-refractivity contribution in [3.63, 3.8) is 0 Å². The molecule has 0 spiro atoms. The predicted molar refractivity (Wildman–Crippen MR) is 72.9 cm³/mol. The Morgan fingerprint density at radius 2 is 2.00 bits per heavy atom. The van der Waals surface area contributed by atoms with Crippen molar-refractivity contribution in [2.45, 2.75) is 25.7 Å². The number of ketones is 1. The highest BCUT2D eigenvalue weighted by atomic mass is 16.5. The van der Waals surface area contributed by atoms with Crippen LogP contribution in [0.2, 0.25) is 0 Å². The molecule has 0 saturated carbocycles. The number of aliphatic carboxylic acids is 1. The van der Waals surface area contributed by atoms with Gasteiger partial charge in [-0.25, -0.2) is 4.79 Å². The molecule has 1 aromatic carbocycles. The summed E-state index contributed by atoms with van der Waals surface area (Å²) in [4.78, 5) is 35.1. The van der Waals surface area contributed by atoms with Crippen LogP contribution in [0, 0.1) is 0 Å². The number of benzene rings is 1. The van der Waals surface area contributed by atoms with Gasteiger partial charge in [0, 0.05) is 6.42 Å². The molecule has 0 aromatic heterocycles. The van der Waals surface area contributed by atoms with E-state index in [0.29, 0.717) is 30.4 Å². The third kappa shape index (κ3) is 2.74. The van der Waals surface area contributed by atoms with Crippen LogP contribution in [-0.2, 0) is 22.4 Å². The zero-order valence-corrected chi connectivity index (χ0v) is 11.9. The number of carbonyl (C=O) groups is 3. The van der Waals surface area contributed by atoms with Crippen molar-refractivity contribution >= 4 is 17.7 Å². The largest absolute Gasteiger partial charge is 0.495 e. The van der Waals surface area contributed by atoms with Gasteiger partial charge in [-0.15, -0.1) is 0 Å². The minimum atomic E-state index is -1.07. The molecule has 1 aromatic rings. The Bertz CT molecular complexity index is 617. The Morgan fingerprint density at radius 3 is 2.57 bits per heavy atom. The number of carboxylic acid groups (broad SMARTS) is 1. The summed E-state index contributed by atoms with van der Waals surface area (Å²) >= 11 is 0. The van der Waals surface area contributed by atoms with Crippen molar-refractivity contribution in [2.75, 3.05) is 14.2 Å². The van der Waals surface area contributed by atoms with Gasteiger partial charge >= 0.3 is 11.9 Å². The highest BCUT2D eigenvalue weighted by Crippen LogP contribution is 2.36. The maximum Gasteiger partial charge on any atom is 0.341 e. The van der Waals surface area contributed by atoms with Gasteiger partial charge < -0.3 is 14.6 Å². The maximum atomic E-state index is 12.1. The quantitative estimate of drug-likeness (QED) is 0.848. The Hall–Kier alpha value is -2.37. The van der Waals surface area contributed by atoms with Gasteiger partial charge in [-0.2, -0.15) is 0 Å². The van der Waals surface area contributed by atoms with Gasteiger partial charge in [0.15, 0.2) is 5.78 Å². The monoisotopic (exact) mass is 292 g/mol. The number of hydrogen-bond donors (Lipinski definition) is 1. The van der Waals surface area contributed by atoms with E-state index in [9.17, 15) is 14.4 Å². The van der Waals surface area contributed by atoms with Crippen LogP contribution < -0.4 is 4.74 Å². The molecule has 6 heteroatoms. The molecule has 0 heterocycles. The summed E-state index contributed by atoms with van der Waals surface area (Å²) in [6.45, 7) is 0. The number of carbonyl (C=O) groups excluding carboxylic acids is 2. The minimum absolute atomic E-state index is 0.0244. The summed E-state index contributed by atoms with van der Waals surface area (Å²) in [6.07, 6.45) is 1.43. The van der Waals surface area contributed by atoms with Crippen LogP contribution in [0.5, 0.6) is 5.75 Å². The molecule has 2 rings (SSSR count). The van der Waals surface area contributed by atoms with E-state index in [1.54, 1.807) is 6.07 Å². The second kappa shape index (κ2) is 5.95. The normalized spacial score (nSPS) is 13.5. The molecule has 0 amide bonds. The summed E-state index contributed by atoms with van der Waals surface area (Å²) in [5.74, 6) is -1.74. The van der Waals surface area contributed by atoms with Crippen LogP contribution in [0.15, 0.2) is 6.07 Å². The molecule has 0 atom stereocenters. The lowest BCUT2D eigenvalue weighted by Crippen LogP contribution is -2.19. The first-order chi connectivity index (χ1) is 9.99. The molecule has 0 saturated heterocycles. The first-order valence-electron chi connectivity index (χ1n) is 6.55. The molecule has 0 bridgehead atoms. The second-order valence-corrected chi connectivity index (χ2v) is 4.82. The average Bonchev–Trinajstić information content (AvgIpc) is 2.44. The highest BCUT2D eigenvalue weighted by molar-refractivity contribution is 6.06. The summed E-state index contributed by atoms with van der Waals surface area (Å²) in [5.41, 5.74) is 1.43. The molecule has 1 N–H and O–H groups in total. The summed E-state index contributed by atoms with van der Waals surface area (Å²) in [6, 6.07) is 1.61. The van der Waals surface area contributed by atoms with Crippen LogP contribution in [-0.4, -0.2) is 37.0 Å². The Balaban J connectivity index is 2.74. The van der Waals surface area contributed by atoms with Gasteiger partial charge in [0.1, 0.15) is 11.3 Å². The van der Waals surface area contributed by atoms with E-state index in [1.807, 2.05) is 0 Å². The number of carboxylic acids is 1. The third-order valence-electron chi connectivity index (χ3n) is 3.51. The Kier molecular flexibility index (Phi) is 4.26. The third-order valence-corrected chi connectivity index (χ3v) is 3.51. The number of aryl methyl sites for hydroxylation is 1. The minimum Gasteiger partial charge on any atom is -0.495 e. The van der Waals surface area contributed by atoms with Crippen LogP contribution >= 0.6 is 0 Å². The molecule has 0 aliphatic heterocycles. The standard InChI is InChI=1S/C15H16O6/c1-20-14-12-8(4-3-5-10(12)16)6-9(7-11(17)18)13(14)15(19)21-2/h6H,3-5,7H2,1-2H3,(H,17,18). The lowest BCUT2D eigenvalue weighted by molar-refractivity contribution is -0.136. The van der Waals surface area contributed by atoms with Crippen molar-refractivity contribution < 1.29 is 29.0 Å².